The van der Waals surface area contributed by atoms with Crippen LogP contribution in [-0.4, -0.2) is 11.8 Å². The van der Waals surface area contributed by atoms with Crippen molar-refractivity contribution >= 4 is 5.78 Å². The fraction of sp³-hybridized carbons (Fsp3) is 0.800. The predicted molar refractivity (Wildman–Crippen MR) is 75.0 cm³/mol. The number of carbonyl (C=O) groups is 1. The van der Waals surface area contributed by atoms with Gasteiger partial charge in [-0.05, 0) is 31.1 Å². The van der Waals surface area contributed by atoms with Gasteiger partial charge in [0.25, 0.3) is 0 Å². The van der Waals surface area contributed by atoms with E-state index in [1.165, 1.54) is 0 Å². The maximum absolute atomic E-state index is 11.7. The fourth-order valence-electron chi connectivity index (χ4n) is 2.04. The number of nitrogens with two attached hydrogens (primary N) is 1. The van der Waals surface area contributed by atoms with Crippen molar-refractivity contribution in [2.24, 2.45) is 11.1 Å². The molecule has 0 rings (SSSR count). The zero-order valence-electron chi connectivity index (χ0n) is 11.8. The van der Waals surface area contributed by atoms with Gasteiger partial charge in [0.15, 0.2) is 0 Å². The first kappa shape index (κ1) is 16.4. The van der Waals surface area contributed by atoms with Crippen LogP contribution < -0.4 is 5.73 Å². The molecule has 1 unspecified atom stereocenters. The summed E-state index contributed by atoms with van der Waals surface area (Å²) in [6, 6.07) is 0.0238. The molecule has 0 aliphatic carbocycles. The molecule has 0 bridgehead atoms. The molecule has 2 N–H and O–H groups in total. The third-order valence-corrected chi connectivity index (χ3v) is 2.73. The molecule has 0 saturated heterocycles. The topological polar surface area (TPSA) is 43.1 Å². The van der Waals surface area contributed by atoms with Crippen molar-refractivity contribution in [1.82, 2.24) is 0 Å². The van der Waals surface area contributed by atoms with Gasteiger partial charge >= 0.3 is 0 Å². The number of hydrogen-bond acceptors (Lipinski definition) is 2. The van der Waals surface area contributed by atoms with E-state index < -0.39 is 0 Å². The predicted octanol–water partition coefficient (Wildman–Crippen LogP) is 3.85. The second-order valence-corrected chi connectivity index (χ2v) is 6.16. The highest BCUT2D eigenvalue weighted by Gasteiger charge is 2.17. The van der Waals surface area contributed by atoms with E-state index in [4.69, 9.17) is 5.73 Å². The number of Topliss-reactive ketones (excluding diaryl/α,β-unsaturated/α-hetero) is 1. The Labute approximate surface area is 107 Å². The van der Waals surface area contributed by atoms with E-state index in [1.807, 2.05) is 6.08 Å². The summed E-state index contributed by atoms with van der Waals surface area (Å²) >= 11 is 0. The second-order valence-electron chi connectivity index (χ2n) is 6.16. The average Bonchev–Trinajstić information content (AvgIpc) is 2.14. The molecule has 0 aliphatic rings. The Hall–Kier alpha value is -0.630. The molecule has 100 valence electrons. The van der Waals surface area contributed by atoms with Gasteiger partial charge in [-0.1, -0.05) is 33.3 Å². The van der Waals surface area contributed by atoms with Gasteiger partial charge in [-0.25, -0.2) is 0 Å². The van der Waals surface area contributed by atoms with Gasteiger partial charge in [-0.15, -0.1) is 6.58 Å². The first-order valence-corrected chi connectivity index (χ1v) is 6.73. The Morgan fingerprint density at radius 3 is 2.47 bits per heavy atom. The lowest BCUT2D eigenvalue weighted by Gasteiger charge is -2.22. The van der Waals surface area contributed by atoms with Crippen molar-refractivity contribution in [3.05, 3.63) is 12.7 Å². The minimum absolute atomic E-state index is 0.0238. The first-order chi connectivity index (χ1) is 7.85. The molecule has 2 nitrogen and oxygen atoms in total. The highest BCUT2D eigenvalue weighted by Crippen LogP contribution is 2.21. The fourth-order valence-corrected chi connectivity index (χ4v) is 2.04. The molecule has 0 saturated carbocycles. The maximum atomic E-state index is 11.7. The van der Waals surface area contributed by atoms with Crippen molar-refractivity contribution in [2.45, 2.75) is 71.8 Å². The Morgan fingerprint density at radius 2 is 1.94 bits per heavy atom. The molecule has 0 amide bonds. The molecule has 17 heavy (non-hydrogen) atoms. The molecule has 0 spiro atoms. The largest absolute Gasteiger partial charge is 0.327 e. The van der Waals surface area contributed by atoms with Crippen molar-refractivity contribution in [3.63, 3.8) is 0 Å². The third-order valence-electron chi connectivity index (χ3n) is 2.73. The standard InChI is InChI=1S/C15H29NO/c1-5-6-7-8-9-10-14(17)11-13(16)12-15(2,3)4/h5,13H,1,6-12,16H2,2-4H3. The molecule has 0 aliphatic heterocycles. The molecule has 2 heteroatoms. The van der Waals surface area contributed by atoms with Crippen LogP contribution in [0.15, 0.2) is 12.7 Å². The molecule has 0 aromatic heterocycles. The van der Waals surface area contributed by atoms with E-state index in [2.05, 4.69) is 27.4 Å². The lowest BCUT2D eigenvalue weighted by molar-refractivity contribution is -0.119. The lowest BCUT2D eigenvalue weighted by Crippen LogP contribution is -2.28. The minimum atomic E-state index is 0.0238. The smallest absolute Gasteiger partial charge is 0.134 e. The summed E-state index contributed by atoms with van der Waals surface area (Å²) in [7, 11) is 0. The summed E-state index contributed by atoms with van der Waals surface area (Å²) < 4.78 is 0. The normalized spacial score (nSPS) is 13.4. The SMILES string of the molecule is C=CCCCCCC(=O)CC(N)CC(C)(C)C. The Bertz CT molecular complexity index is 228. The number of carbonyl (C=O) groups excluding carboxylic acids is 1. The molecule has 0 aromatic carbocycles. The van der Waals surface area contributed by atoms with Crippen molar-refractivity contribution in [2.75, 3.05) is 0 Å². The molecule has 0 aromatic rings. The van der Waals surface area contributed by atoms with Crippen LogP contribution in [0.3, 0.4) is 0 Å². The first-order valence-electron chi connectivity index (χ1n) is 6.73. The third kappa shape index (κ3) is 11.6. The Kier molecular flexibility index (Phi) is 8.15. The lowest BCUT2D eigenvalue weighted by atomic mass is 9.86. The van der Waals surface area contributed by atoms with Crippen LogP contribution in [0.2, 0.25) is 0 Å². The summed E-state index contributed by atoms with van der Waals surface area (Å²) in [5, 5.41) is 0. The molecule has 0 heterocycles. The zero-order chi connectivity index (χ0) is 13.3. The number of rotatable bonds is 9. The maximum Gasteiger partial charge on any atom is 0.134 e. The molecule has 0 fully saturated rings. The van der Waals surface area contributed by atoms with Crippen LogP contribution in [0.1, 0.15) is 65.7 Å². The summed E-state index contributed by atoms with van der Waals surface area (Å²) in [5.74, 6) is 0.320. The van der Waals surface area contributed by atoms with Crippen molar-refractivity contribution < 1.29 is 4.79 Å². The zero-order valence-corrected chi connectivity index (χ0v) is 11.8. The van der Waals surface area contributed by atoms with Crippen LogP contribution in [0.4, 0.5) is 0 Å². The average molecular weight is 239 g/mol. The van der Waals surface area contributed by atoms with E-state index in [1.54, 1.807) is 0 Å². The van der Waals surface area contributed by atoms with Gasteiger partial charge in [0.1, 0.15) is 5.78 Å². The Morgan fingerprint density at radius 1 is 1.29 bits per heavy atom. The van der Waals surface area contributed by atoms with Crippen molar-refractivity contribution in [1.29, 1.82) is 0 Å². The quantitative estimate of drug-likeness (QED) is 0.490. The summed E-state index contributed by atoms with van der Waals surface area (Å²) in [6.45, 7) is 10.2. The number of hydrogen-bond donors (Lipinski definition) is 1. The molecular formula is C15H29NO. The van der Waals surface area contributed by atoms with Crippen LogP contribution in [0.25, 0.3) is 0 Å². The van der Waals surface area contributed by atoms with E-state index in [9.17, 15) is 4.79 Å². The molecule has 1 atom stereocenters. The van der Waals surface area contributed by atoms with E-state index in [0.29, 0.717) is 18.6 Å². The monoisotopic (exact) mass is 239 g/mol. The minimum Gasteiger partial charge on any atom is -0.327 e. The van der Waals surface area contributed by atoms with Crippen molar-refractivity contribution in [3.8, 4) is 0 Å². The second kappa shape index (κ2) is 8.46. The van der Waals surface area contributed by atoms with Gasteiger partial charge in [-0.2, -0.15) is 0 Å². The molecule has 0 radical (unpaired) electrons. The van der Waals surface area contributed by atoms with Crippen LogP contribution >= 0.6 is 0 Å². The van der Waals surface area contributed by atoms with Gasteiger partial charge in [0.05, 0.1) is 0 Å². The summed E-state index contributed by atoms with van der Waals surface area (Å²) in [6.07, 6.45) is 8.38. The van der Waals surface area contributed by atoms with Crippen LogP contribution in [0.5, 0.6) is 0 Å². The van der Waals surface area contributed by atoms with E-state index in [-0.39, 0.29) is 11.5 Å². The number of ketones is 1. The summed E-state index contributed by atoms with van der Waals surface area (Å²) in [4.78, 5) is 11.7. The van der Waals surface area contributed by atoms with E-state index in [0.717, 1.165) is 32.1 Å². The van der Waals surface area contributed by atoms with Gasteiger partial charge in [0, 0.05) is 18.9 Å². The highest BCUT2D eigenvalue weighted by molar-refractivity contribution is 5.78. The number of unbranched alkanes of at least 4 members (excludes halogenated alkanes) is 3. The molecular weight excluding hydrogens is 210 g/mol. The van der Waals surface area contributed by atoms with E-state index >= 15 is 0 Å². The summed E-state index contributed by atoms with van der Waals surface area (Å²) in [5.41, 5.74) is 6.19. The van der Waals surface area contributed by atoms with Crippen LogP contribution in [-0.2, 0) is 4.79 Å². The van der Waals surface area contributed by atoms with Gasteiger partial charge < -0.3 is 5.73 Å². The van der Waals surface area contributed by atoms with Gasteiger partial charge in [0.2, 0.25) is 0 Å². The number of allylic oxidation sites excluding steroid dienone is 1. The van der Waals surface area contributed by atoms with Gasteiger partial charge in [-0.3, -0.25) is 4.79 Å². The Balaban J connectivity index is 3.61. The van der Waals surface area contributed by atoms with Crippen LogP contribution in [0, 0.1) is 5.41 Å². The highest BCUT2D eigenvalue weighted by atomic mass is 16.1.